The molecule has 0 aliphatic heterocycles. The molecule has 0 amide bonds. The number of hydrogen-bond donors (Lipinski definition) is 1. The Bertz CT molecular complexity index is 338. The maximum Gasteiger partial charge on any atom is 0.159 e. The molecule has 1 aliphatic carbocycles. The van der Waals surface area contributed by atoms with Gasteiger partial charge in [0.15, 0.2) is 5.78 Å². The highest BCUT2D eigenvalue weighted by atomic mass is 16.1. The van der Waals surface area contributed by atoms with Gasteiger partial charge in [0.25, 0.3) is 0 Å². The van der Waals surface area contributed by atoms with Crippen molar-refractivity contribution in [1.82, 2.24) is 0 Å². The zero-order valence-corrected chi connectivity index (χ0v) is 9.12. The molecule has 1 N–H and O–H groups in total. The van der Waals surface area contributed by atoms with Crippen LogP contribution in [0, 0.1) is 5.92 Å². The molecule has 0 unspecified atom stereocenters. The average molecular weight is 203 g/mol. The van der Waals surface area contributed by atoms with Gasteiger partial charge in [-0.2, -0.15) is 0 Å². The number of carbonyl (C=O) groups excluding carboxylic acids is 1. The van der Waals surface area contributed by atoms with Crippen molar-refractivity contribution in [2.24, 2.45) is 5.92 Å². The first kappa shape index (κ1) is 10.2. The molecule has 2 rings (SSSR count). The van der Waals surface area contributed by atoms with E-state index in [1.165, 1.54) is 19.3 Å². The minimum atomic E-state index is 0.126. The number of rotatable bonds is 4. The van der Waals surface area contributed by atoms with Gasteiger partial charge in [0, 0.05) is 17.8 Å². The first-order valence-electron chi connectivity index (χ1n) is 5.60. The molecule has 0 bridgehead atoms. The summed E-state index contributed by atoms with van der Waals surface area (Å²) in [6.45, 7) is 2.66. The maximum atomic E-state index is 11.1. The highest BCUT2D eigenvalue weighted by Crippen LogP contribution is 2.26. The topological polar surface area (TPSA) is 29.1 Å². The minimum Gasteiger partial charge on any atom is -0.385 e. The lowest BCUT2D eigenvalue weighted by molar-refractivity contribution is 0.101. The van der Waals surface area contributed by atoms with E-state index in [1.807, 2.05) is 24.3 Å². The van der Waals surface area contributed by atoms with Gasteiger partial charge >= 0.3 is 0 Å². The number of hydrogen-bond acceptors (Lipinski definition) is 2. The second kappa shape index (κ2) is 4.47. The van der Waals surface area contributed by atoms with Gasteiger partial charge in [0.1, 0.15) is 0 Å². The predicted molar refractivity (Wildman–Crippen MR) is 62.3 cm³/mol. The minimum absolute atomic E-state index is 0.126. The van der Waals surface area contributed by atoms with Crippen LogP contribution < -0.4 is 5.32 Å². The van der Waals surface area contributed by atoms with E-state index in [2.05, 4.69) is 5.32 Å². The first-order chi connectivity index (χ1) is 7.25. The standard InChI is InChI=1S/C13H17NO/c1-10(15)12-5-7-13(8-6-12)14-9-11-3-2-4-11/h5-8,11,14H,2-4,9H2,1H3. The van der Waals surface area contributed by atoms with Crippen molar-refractivity contribution in [3.05, 3.63) is 29.8 Å². The van der Waals surface area contributed by atoms with E-state index in [0.717, 1.165) is 23.7 Å². The molecule has 0 heterocycles. The summed E-state index contributed by atoms with van der Waals surface area (Å²) in [7, 11) is 0. The predicted octanol–water partition coefficient (Wildman–Crippen LogP) is 3.10. The molecule has 0 radical (unpaired) electrons. The van der Waals surface area contributed by atoms with Gasteiger partial charge in [-0.25, -0.2) is 0 Å². The highest BCUT2D eigenvalue weighted by molar-refractivity contribution is 5.94. The summed E-state index contributed by atoms with van der Waals surface area (Å²) >= 11 is 0. The highest BCUT2D eigenvalue weighted by Gasteiger charge is 2.16. The van der Waals surface area contributed by atoms with E-state index >= 15 is 0 Å². The van der Waals surface area contributed by atoms with Crippen molar-refractivity contribution >= 4 is 11.5 Å². The van der Waals surface area contributed by atoms with Crippen molar-refractivity contribution in [2.75, 3.05) is 11.9 Å². The van der Waals surface area contributed by atoms with E-state index in [9.17, 15) is 4.79 Å². The SMILES string of the molecule is CC(=O)c1ccc(NCC2CCC2)cc1. The molecule has 1 aromatic carbocycles. The second-order valence-corrected chi connectivity index (χ2v) is 4.31. The van der Waals surface area contributed by atoms with E-state index in [-0.39, 0.29) is 5.78 Å². The van der Waals surface area contributed by atoms with Crippen LogP contribution in [0.4, 0.5) is 5.69 Å². The third kappa shape index (κ3) is 2.58. The maximum absolute atomic E-state index is 11.1. The van der Waals surface area contributed by atoms with Crippen LogP contribution >= 0.6 is 0 Å². The zero-order valence-electron chi connectivity index (χ0n) is 9.12. The van der Waals surface area contributed by atoms with Gasteiger partial charge < -0.3 is 5.32 Å². The lowest BCUT2D eigenvalue weighted by Gasteiger charge is -2.25. The van der Waals surface area contributed by atoms with Crippen molar-refractivity contribution in [3.8, 4) is 0 Å². The third-order valence-electron chi connectivity index (χ3n) is 3.11. The number of Topliss-reactive ketones (excluding diaryl/α,β-unsaturated/α-hetero) is 1. The Hall–Kier alpha value is -1.31. The number of anilines is 1. The number of nitrogens with one attached hydrogen (secondary N) is 1. The van der Waals surface area contributed by atoms with Gasteiger partial charge in [0.05, 0.1) is 0 Å². The number of benzene rings is 1. The van der Waals surface area contributed by atoms with E-state index in [4.69, 9.17) is 0 Å². The number of carbonyl (C=O) groups is 1. The molecule has 1 saturated carbocycles. The quantitative estimate of drug-likeness (QED) is 0.762. The molecule has 2 heteroatoms. The lowest BCUT2D eigenvalue weighted by Crippen LogP contribution is -2.20. The van der Waals surface area contributed by atoms with Crippen molar-refractivity contribution in [2.45, 2.75) is 26.2 Å². The van der Waals surface area contributed by atoms with Crippen LogP contribution in [0.2, 0.25) is 0 Å². The van der Waals surface area contributed by atoms with Crippen LogP contribution in [0.1, 0.15) is 36.5 Å². The molecule has 80 valence electrons. The fourth-order valence-corrected chi connectivity index (χ4v) is 1.78. The molecular formula is C13H17NO. The van der Waals surface area contributed by atoms with Gasteiger partial charge in [0.2, 0.25) is 0 Å². The Kier molecular flexibility index (Phi) is 3.05. The van der Waals surface area contributed by atoms with Gasteiger partial charge in [-0.1, -0.05) is 6.42 Å². The van der Waals surface area contributed by atoms with Crippen LogP contribution in [0.3, 0.4) is 0 Å². The van der Waals surface area contributed by atoms with E-state index in [0.29, 0.717) is 0 Å². The fraction of sp³-hybridized carbons (Fsp3) is 0.462. The smallest absolute Gasteiger partial charge is 0.159 e. The summed E-state index contributed by atoms with van der Waals surface area (Å²) in [5, 5.41) is 3.40. The normalized spacial score (nSPS) is 15.8. The van der Waals surface area contributed by atoms with Crippen molar-refractivity contribution < 1.29 is 4.79 Å². The fourth-order valence-electron chi connectivity index (χ4n) is 1.78. The largest absolute Gasteiger partial charge is 0.385 e. The Morgan fingerprint density at radius 1 is 1.33 bits per heavy atom. The van der Waals surface area contributed by atoms with Gasteiger partial charge in [-0.05, 0) is 49.9 Å². The Balaban J connectivity index is 1.88. The molecule has 0 atom stereocenters. The Morgan fingerprint density at radius 2 is 2.00 bits per heavy atom. The van der Waals surface area contributed by atoms with E-state index in [1.54, 1.807) is 6.92 Å². The monoisotopic (exact) mass is 203 g/mol. The van der Waals surface area contributed by atoms with Crippen LogP contribution in [-0.2, 0) is 0 Å². The molecule has 1 aromatic rings. The summed E-state index contributed by atoms with van der Waals surface area (Å²) in [6, 6.07) is 7.72. The summed E-state index contributed by atoms with van der Waals surface area (Å²) in [6.07, 6.45) is 4.10. The molecule has 1 aliphatic rings. The average Bonchev–Trinajstić information content (AvgIpc) is 2.16. The van der Waals surface area contributed by atoms with Gasteiger partial charge in [-0.3, -0.25) is 4.79 Å². The van der Waals surface area contributed by atoms with Crippen LogP contribution in [0.5, 0.6) is 0 Å². The number of ketones is 1. The zero-order chi connectivity index (χ0) is 10.7. The molecule has 0 saturated heterocycles. The van der Waals surface area contributed by atoms with Crippen LogP contribution in [0.15, 0.2) is 24.3 Å². The molecule has 1 fully saturated rings. The Morgan fingerprint density at radius 3 is 2.47 bits per heavy atom. The summed E-state index contributed by atoms with van der Waals surface area (Å²) in [5.74, 6) is 0.984. The molecule has 0 aromatic heterocycles. The van der Waals surface area contributed by atoms with Gasteiger partial charge in [-0.15, -0.1) is 0 Å². The molecule has 0 spiro atoms. The summed E-state index contributed by atoms with van der Waals surface area (Å²) in [5.41, 5.74) is 1.90. The van der Waals surface area contributed by atoms with Crippen molar-refractivity contribution in [1.29, 1.82) is 0 Å². The van der Waals surface area contributed by atoms with Crippen LogP contribution in [0.25, 0.3) is 0 Å². The third-order valence-corrected chi connectivity index (χ3v) is 3.11. The Labute approximate surface area is 90.7 Å². The molecule has 2 nitrogen and oxygen atoms in total. The van der Waals surface area contributed by atoms with Crippen molar-refractivity contribution in [3.63, 3.8) is 0 Å². The summed E-state index contributed by atoms with van der Waals surface area (Å²) < 4.78 is 0. The molecule has 15 heavy (non-hydrogen) atoms. The first-order valence-corrected chi connectivity index (χ1v) is 5.60. The van der Waals surface area contributed by atoms with E-state index < -0.39 is 0 Å². The molecular weight excluding hydrogens is 186 g/mol. The van der Waals surface area contributed by atoms with Crippen LogP contribution in [-0.4, -0.2) is 12.3 Å². The lowest BCUT2D eigenvalue weighted by atomic mass is 9.85. The second-order valence-electron chi connectivity index (χ2n) is 4.31. The summed E-state index contributed by atoms with van der Waals surface area (Å²) in [4.78, 5) is 11.1.